The molecule has 6 nitrogen and oxygen atoms in total. The number of nitriles is 1. The number of pyridine rings is 1. The van der Waals surface area contributed by atoms with E-state index >= 15 is 0 Å². The van der Waals surface area contributed by atoms with Gasteiger partial charge in [-0.15, -0.1) is 0 Å². The number of rotatable bonds is 3. The normalized spacial score (nSPS) is 14.1. The number of nitrogens with zero attached hydrogens (tertiary/aromatic N) is 2. The SMILES string of the molecule is N#Cc1c(-c2ccc([N+](=O)O)cc2)cc(C2CCC2)[nH]c1=O. The molecule has 0 aliphatic heterocycles. The lowest BCUT2D eigenvalue weighted by Crippen LogP contribution is -2.19. The van der Waals surface area contributed by atoms with Crippen LogP contribution in [-0.2, 0) is 0 Å². The van der Waals surface area contributed by atoms with Gasteiger partial charge in [-0.1, -0.05) is 6.42 Å². The first-order chi connectivity index (χ1) is 10.6. The Morgan fingerprint density at radius 1 is 1.27 bits per heavy atom. The Kier molecular flexibility index (Phi) is 3.47. The Labute approximate surface area is 126 Å². The van der Waals surface area contributed by atoms with Crippen molar-refractivity contribution < 1.29 is 10.1 Å². The molecule has 0 atom stereocenters. The number of aromatic amines is 1. The fourth-order valence-corrected chi connectivity index (χ4v) is 2.63. The summed E-state index contributed by atoms with van der Waals surface area (Å²) >= 11 is 0. The van der Waals surface area contributed by atoms with Crippen LogP contribution in [0, 0.1) is 16.2 Å². The predicted octanol–water partition coefficient (Wildman–Crippen LogP) is 2.98. The Morgan fingerprint density at radius 2 is 1.95 bits per heavy atom. The zero-order chi connectivity index (χ0) is 15.7. The maximum atomic E-state index is 12.1. The van der Waals surface area contributed by atoms with Crippen LogP contribution in [0.15, 0.2) is 35.1 Å². The van der Waals surface area contributed by atoms with Gasteiger partial charge in [-0.05, 0) is 42.5 Å². The number of aromatic nitrogens is 1. The third-order valence-corrected chi connectivity index (χ3v) is 4.11. The van der Waals surface area contributed by atoms with Crippen LogP contribution in [0.2, 0.25) is 0 Å². The maximum absolute atomic E-state index is 12.1. The number of H-pyrrole nitrogens is 1. The summed E-state index contributed by atoms with van der Waals surface area (Å²) < 4.78 is 0. The van der Waals surface area contributed by atoms with Gasteiger partial charge < -0.3 is 4.98 Å². The van der Waals surface area contributed by atoms with Crippen molar-refractivity contribution in [2.75, 3.05) is 0 Å². The van der Waals surface area contributed by atoms with E-state index in [1.54, 1.807) is 12.1 Å². The van der Waals surface area contributed by atoms with Gasteiger partial charge in [0.1, 0.15) is 11.6 Å². The van der Waals surface area contributed by atoms with E-state index in [9.17, 15) is 15.0 Å². The second kappa shape index (κ2) is 5.45. The summed E-state index contributed by atoms with van der Waals surface area (Å²) in [6.45, 7) is 0. The van der Waals surface area contributed by atoms with Crippen molar-refractivity contribution in [3.05, 3.63) is 56.9 Å². The van der Waals surface area contributed by atoms with E-state index < -0.39 is 5.56 Å². The highest BCUT2D eigenvalue weighted by molar-refractivity contribution is 5.71. The van der Waals surface area contributed by atoms with Crippen molar-refractivity contribution in [2.24, 2.45) is 0 Å². The van der Waals surface area contributed by atoms with Gasteiger partial charge in [0, 0.05) is 23.4 Å². The standard InChI is InChI=1S/C16H13N3O3/c17-9-14-13(10-4-6-12(7-5-10)19(21)22)8-15(18-16(14)20)11-2-1-3-11/h4-8,11H,1-3H2,(H-,18,20,21,22)/p+1. The zero-order valence-electron chi connectivity index (χ0n) is 11.7. The van der Waals surface area contributed by atoms with E-state index in [0.29, 0.717) is 17.0 Å². The summed E-state index contributed by atoms with van der Waals surface area (Å²) in [5, 5.41) is 18.1. The lowest BCUT2D eigenvalue weighted by atomic mass is 9.82. The molecule has 0 unspecified atom stereocenters. The second-order valence-corrected chi connectivity index (χ2v) is 5.40. The van der Waals surface area contributed by atoms with Crippen molar-refractivity contribution in [2.45, 2.75) is 25.2 Å². The van der Waals surface area contributed by atoms with Gasteiger partial charge in [-0.3, -0.25) is 4.79 Å². The molecule has 0 saturated heterocycles. The molecule has 1 heterocycles. The Balaban J connectivity index is 2.11. The van der Waals surface area contributed by atoms with E-state index in [2.05, 4.69) is 4.98 Å². The van der Waals surface area contributed by atoms with Crippen LogP contribution in [-0.4, -0.2) is 15.1 Å². The van der Waals surface area contributed by atoms with E-state index in [-0.39, 0.29) is 16.2 Å². The monoisotopic (exact) mass is 296 g/mol. The molecule has 6 heteroatoms. The predicted molar refractivity (Wildman–Crippen MR) is 78.9 cm³/mol. The van der Waals surface area contributed by atoms with Crippen LogP contribution in [0.3, 0.4) is 0 Å². The molecule has 0 radical (unpaired) electrons. The average molecular weight is 296 g/mol. The number of benzene rings is 1. The molecule has 0 bridgehead atoms. The Morgan fingerprint density at radius 3 is 2.45 bits per heavy atom. The van der Waals surface area contributed by atoms with E-state index in [0.717, 1.165) is 25.0 Å². The summed E-state index contributed by atoms with van der Waals surface area (Å²) in [6, 6.07) is 9.87. The van der Waals surface area contributed by atoms with Gasteiger partial charge in [0.15, 0.2) is 0 Å². The Bertz CT molecular complexity index is 827. The third kappa shape index (κ3) is 2.37. The summed E-state index contributed by atoms with van der Waals surface area (Å²) in [7, 11) is 0. The minimum absolute atomic E-state index is 0.0544. The summed E-state index contributed by atoms with van der Waals surface area (Å²) in [4.78, 5) is 25.5. The highest BCUT2D eigenvalue weighted by Crippen LogP contribution is 2.36. The van der Waals surface area contributed by atoms with Crippen molar-refractivity contribution in [1.29, 1.82) is 5.26 Å². The first-order valence-corrected chi connectivity index (χ1v) is 7.04. The molecule has 2 N–H and O–H groups in total. The van der Waals surface area contributed by atoms with Gasteiger partial charge in [0.05, 0.1) is 4.91 Å². The first kappa shape index (κ1) is 14.0. The van der Waals surface area contributed by atoms with Crippen LogP contribution in [0.1, 0.15) is 36.4 Å². The van der Waals surface area contributed by atoms with Crippen molar-refractivity contribution in [3.8, 4) is 17.2 Å². The number of nitrogens with one attached hydrogen (secondary N) is 1. The van der Waals surface area contributed by atoms with Gasteiger partial charge in [0.25, 0.3) is 10.5 Å². The molecule has 1 aliphatic rings. The first-order valence-electron chi connectivity index (χ1n) is 7.04. The van der Waals surface area contributed by atoms with Gasteiger partial charge in [-0.2, -0.15) is 5.26 Å². The fraction of sp³-hybridized carbons (Fsp3) is 0.250. The van der Waals surface area contributed by atoms with E-state index in [4.69, 9.17) is 5.21 Å². The quantitative estimate of drug-likeness (QED) is 0.851. The molecule has 1 aliphatic carbocycles. The van der Waals surface area contributed by atoms with Crippen molar-refractivity contribution in [1.82, 2.24) is 4.98 Å². The lowest BCUT2D eigenvalue weighted by Gasteiger charge is -2.25. The highest BCUT2D eigenvalue weighted by Gasteiger charge is 2.23. The molecule has 1 fully saturated rings. The summed E-state index contributed by atoms with van der Waals surface area (Å²) in [6.07, 6.45) is 3.22. The van der Waals surface area contributed by atoms with Crippen LogP contribution >= 0.6 is 0 Å². The zero-order valence-corrected chi connectivity index (χ0v) is 11.7. The number of hydrogen-bond donors (Lipinski definition) is 2. The molecular weight excluding hydrogens is 282 g/mol. The summed E-state index contributed by atoms with van der Waals surface area (Å²) in [5.74, 6) is 0.341. The van der Waals surface area contributed by atoms with Crippen molar-refractivity contribution >= 4 is 5.69 Å². The molecule has 3 rings (SSSR count). The van der Waals surface area contributed by atoms with Gasteiger partial charge in [0.2, 0.25) is 0 Å². The van der Waals surface area contributed by atoms with Crippen LogP contribution < -0.4 is 5.56 Å². The van der Waals surface area contributed by atoms with Crippen LogP contribution in [0.4, 0.5) is 5.69 Å². The fourth-order valence-electron chi connectivity index (χ4n) is 2.63. The van der Waals surface area contributed by atoms with Crippen molar-refractivity contribution in [3.63, 3.8) is 0 Å². The van der Waals surface area contributed by atoms with Crippen LogP contribution in [0.25, 0.3) is 11.1 Å². The number of hydrogen-bond acceptors (Lipinski definition) is 3. The van der Waals surface area contributed by atoms with Crippen LogP contribution in [0.5, 0.6) is 0 Å². The minimum atomic E-state index is -0.390. The molecule has 22 heavy (non-hydrogen) atoms. The maximum Gasteiger partial charge on any atom is 0.316 e. The molecule has 1 aromatic carbocycles. The smallest absolute Gasteiger partial charge is 0.316 e. The molecule has 0 amide bonds. The molecule has 110 valence electrons. The van der Waals surface area contributed by atoms with E-state index in [1.807, 2.05) is 12.1 Å². The topological polar surface area (TPSA) is 97.0 Å². The molecule has 2 aromatic rings. The van der Waals surface area contributed by atoms with Gasteiger partial charge >= 0.3 is 5.69 Å². The largest absolute Gasteiger partial charge is 0.325 e. The van der Waals surface area contributed by atoms with Gasteiger partial charge in [-0.25, -0.2) is 5.21 Å². The second-order valence-electron chi connectivity index (χ2n) is 5.40. The highest BCUT2D eigenvalue weighted by atomic mass is 16.6. The molecular formula is C16H14N3O3+. The Hall–Kier alpha value is -2.94. The molecule has 0 spiro atoms. The third-order valence-electron chi connectivity index (χ3n) is 4.11. The molecule has 1 saturated carbocycles. The average Bonchev–Trinajstić information content (AvgIpc) is 2.45. The summed E-state index contributed by atoms with van der Waals surface area (Å²) in [5.41, 5.74) is 1.81. The van der Waals surface area contributed by atoms with E-state index in [1.165, 1.54) is 12.1 Å². The molecule has 1 aromatic heterocycles. The lowest BCUT2D eigenvalue weighted by molar-refractivity contribution is -0.729. The minimum Gasteiger partial charge on any atom is -0.325 e.